The molecule has 79 heavy (non-hydrogen) atoms. The summed E-state index contributed by atoms with van der Waals surface area (Å²) in [4.78, 5) is 0. The Bertz CT molecular complexity index is 3680. The van der Waals surface area contributed by atoms with Crippen LogP contribution in [0, 0.1) is 0 Å². The maximum Gasteiger partial charge on any atom is 0.229 e. The lowest BCUT2D eigenvalue weighted by Crippen LogP contribution is -2.60. The second kappa shape index (κ2) is 18.7. The Morgan fingerprint density at radius 3 is 1.54 bits per heavy atom. The molecule has 0 saturated carbocycles. The third-order valence-corrected chi connectivity index (χ3v) is 16.5. The average Bonchev–Trinajstić information content (AvgIpc) is 3.45. The molecule has 3 aliphatic heterocycles. The topological polar surface area (TPSA) is 300 Å². The molecule has 1 fully saturated rings. The highest BCUT2D eigenvalue weighted by Gasteiger charge is 2.57. The van der Waals surface area contributed by atoms with Crippen LogP contribution in [0.4, 0.5) is 0 Å². The van der Waals surface area contributed by atoms with Crippen molar-refractivity contribution in [2.24, 2.45) is 0 Å². The number of aliphatic hydroxyl groups is 4. The van der Waals surface area contributed by atoms with Crippen molar-refractivity contribution in [3.05, 3.63) is 212 Å². The zero-order valence-corrected chi connectivity index (χ0v) is 41.5. The molecule has 3 heterocycles. The number of benzene rings is 8. The Morgan fingerprint density at radius 2 is 0.924 bits per heavy atom. The summed E-state index contributed by atoms with van der Waals surface area (Å²) in [5.74, 6) is -5.59. The number of ether oxygens (including phenoxy) is 4. The minimum atomic E-state index is -1.78. The van der Waals surface area contributed by atoms with E-state index in [1.54, 1.807) is 97.1 Å². The van der Waals surface area contributed by atoms with Gasteiger partial charge in [-0.05, 0) is 117 Å². The van der Waals surface area contributed by atoms with Gasteiger partial charge in [-0.3, -0.25) is 0 Å². The van der Waals surface area contributed by atoms with E-state index in [-0.39, 0.29) is 63.2 Å². The molecule has 0 unspecified atom stereocenters. The SMILES string of the molecule is OC[C@H]1O[C@@H](Oc2cc(O)cc([C@H]3c4cc([C@@H]5c6c(O)cc7c8c6[C@H]([C@@H](c6ccc(O)cc6)c6c(O)cc(O)cc6[C@@H]8[C@@H](c6ccc(O)cc6)O7)[C@H]5c5ccc(O)cc5)cc(O)c4O[C@@H]3c3ccc(O)cc3)c2)[C@H](O)[C@@H](O)[C@@H]1O. The van der Waals surface area contributed by atoms with Crippen molar-refractivity contribution in [3.63, 3.8) is 0 Å². The zero-order valence-electron chi connectivity index (χ0n) is 41.5. The number of fused-ring (bicyclic) bond motifs is 3. The smallest absolute Gasteiger partial charge is 0.229 e. The fraction of sp³-hybridized carbons (Fsp3) is 0.226. The standard InChI is InChI=1S/C62H52O17/c63-25-45-56(73)57(74)58(75)62(78-45)76-38-18-30(17-36(68)21-38)46-40-19-31(20-43(72)61(40)79-59(46)28-5-13-34(66)14-6-28)49-47(26-1-9-32(64)10-2-26)54-48(27-3-11-33(65)12-4-27)50-39(22-37(69)23-41(50)70)51-53-44(24-42(71)52(49)55(53)54)77-60(51)29-7-15-35(67)16-8-29/h1-24,45-49,51,54,56-60,62-75H,25H2/t45-,46+,47+,48+,49+,51+,54+,56-,57+,58-,59-,60-,62-/m1/s1. The van der Waals surface area contributed by atoms with E-state index in [9.17, 15) is 66.4 Å². The molecule has 17 heteroatoms. The largest absolute Gasteiger partial charge is 0.508 e. The molecule has 17 nitrogen and oxygen atoms in total. The number of hydrogen-bond donors (Lipinski definition) is 13. The fourth-order valence-electron chi connectivity index (χ4n) is 13.3. The summed E-state index contributed by atoms with van der Waals surface area (Å²) in [6, 6.07) is 38.2. The van der Waals surface area contributed by atoms with Crippen LogP contribution in [0.15, 0.2) is 146 Å². The van der Waals surface area contributed by atoms with E-state index < -0.39 is 85.0 Å². The Hall–Kier alpha value is -8.84. The number of rotatable bonds is 9. The van der Waals surface area contributed by atoms with Crippen LogP contribution in [0.25, 0.3) is 0 Å². The van der Waals surface area contributed by atoms with Gasteiger partial charge in [0.2, 0.25) is 6.29 Å². The van der Waals surface area contributed by atoms with Gasteiger partial charge in [0, 0.05) is 64.1 Å². The van der Waals surface area contributed by atoms with Crippen molar-refractivity contribution in [1.29, 1.82) is 0 Å². The molecule has 2 aliphatic carbocycles. The third kappa shape index (κ3) is 8.02. The van der Waals surface area contributed by atoms with Gasteiger partial charge in [-0.1, -0.05) is 54.6 Å². The molecule has 1 saturated heterocycles. The predicted octanol–water partition coefficient (Wildman–Crippen LogP) is 7.91. The van der Waals surface area contributed by atoms with Crippen LogP contribution in [0.5, 0.6) is 69.0 Å². The average molecular weight is 1070 g/mol. The van der Waals surface area contributed by atoms with Crippen LogP contribution in [-0.4, -0.2) is 104 Å². The highest BCUT2D eigenvalue weighted by molar-refractivity contribution is 5.73. The molecule has 13 rings (SSSR count). The highest BCUT2D eigenvalue weighted by Crippen LogP contribution is 2.71. The lowest BCUT2D eigenvalue weighted by molar-refractivity contribution is -0.277. The van der Waals surface area contributed by atoms with E-state index in [1.807, 2.05) is 6.07 Å². The van der Waals surface area contributed by atoms with Crippen molar-refractivity contribution in [2.75, 3.05) is 6.61 Å². The van der Waals surface area contributed by atoms with Crippen molar-refractivity contribution in [1.82, 2.24) is 0 Å². The Labute approximate surface area is 450 Å². The summed E-state index contributed by atoms with van der Waals surface area (Å²) >= 11 is 0. The second-order valence-corrected chi connectivity index (χ2v) is 21.0. The number of aliphatic hydroxyl groups excluding tert-OH is 4. The number of phenolic OH excluding ortho intramolecular Hbond substituents is 9. The summed E-state index contributed by atoms with van der Waals surface area (Å²) in [7, 11) is 0. The van der Waals surface area contributed by atoms with Crippen LogP contribution >= 0.6 is 0 Å². The Morgan fingerprint density at radius 1 is 0.380 bits per heavy atom. The molecule has 0 radical (unpaired) electrons. The lowest BCUT2D eigenvalue weighted by atomic mass is 9.68. The molecule has 5 aliphatic rings. The van der Waals surface area contributed by atoms with Gasteiger partial charge in [-0.2, -0.15) is 0 Å². The molecule has 13 atom stereocenters. The Kier molecular flexibility index (Phi) is 11.8. The van der Waals surface area contributed by atoms with E-state index in [1.165, 1.54) is 42.5 Å². The number of aromatic hydroxyl groups is 9. The van der Waals surface area contributed by atoms with Gasteiger partial charge in [-0.25, -0.2) is 0 Å². The first-order valence-corrected chi connectivity index (χ1v) is 25.7. The normalized spacial score (nSPS) is 27.0. The van der Waals surface area contributed by atoms with Crippen LogP contribution in [0.1, 0.15) is 114 Å². The molecule has 8 aromatic carbocycles. The van der Waals surface area contributed by atoms with Crippen molar-refractivity contribution < 1.29 is 85.3 Å². The van der Waals surface area contributed by atoms with Gasteiger partial charge >= 0.3 is 0 Å². The first-order valence-electron chi connectivity index (χ1n) is 25.7. The maximum atomic E-state index is 12.8. The number of phenols is 9. The van der Waals surface area contributed by atoms with E-state index in [0.717, 1.165) is 0 Å². The van der Waals surface area contributed by atoms with E-state index in [2.05, 4.69) is 0 Å². The van der Waals surface area contributed by atoms with E-state index in [0.29, 0.717) is 72.5 Å². The molecule has 8 aromatic rings. The van der Waals surface area contributed by atoms with Crippen LogP contribution in [0.2, 0.25) is 0 Å². The lowest BCUT2D eigenvalue weighted by Gasteiger charge is -2.39. The number of hydrogen-bond acceptors (Lipinski definition) is 17. The first-order chi connectivity index (χ1) is 38.0. The monoisotopic (exact) mass is 1070 g/mol. The van der Waals surface area contributed by atoms with Crippen molar-refractivity contribution in [2.45, 2.75) is 78.4 Å². The molecule has 0 spiro atoms. The molecule has 0 amide bonds. The van der Waals surface area contributed by atoms with Crippen molar-refractivity contribution in [3.8, 4) is 69.0 Å². The summed E-state index contributed by atoms with van der Waals surface area (Å²) in [5.41, 5.74) is 6.58. The molecule has 0 aromatic heterocycles. The van der Waals surface area contributed by atoms with Gasteiger partial charge in [-0.15, -0.1) is 0 Å². The van der Waals surface area contributed by atoms with Gasteiger partial charge in [0.1, 0.15) is 94.1 Å². The quantitative estimate of drug-likeness (QED) is 0.0653. The van der Waals surface area contributed by atoms with Gasteiger partial charge < -0.3 is 85.3 Å². The third-order valence-electron chi connectivity index (χ3n) is 16.5. The van der Waals surface area contributed by atoms with E-state index in [4.69, 9.17) is 18.9 Å². The minimum Gasteiger partial charge on any atom is -0.508 e. The minimum absolute atomic E-state index is 0.0111. The summed E-state index contributed by atoms with van der Waals surface area (Å²) in [6.07, 6.45) is -9.85. The molecule has 402 valence electrons. The molecule has 13 N–H and O–H groups in total. The van der Waals surface area contributed by atoms with Gasteiger partial charge in [0.05, 0.1) is 18.4 Å². The first kappa shape index (κ1) is 49.7. The highest BCUT2D eigenvalue weighted by atomic mass is 16.7. The van der Waals surface area contributed by atoms with Crippen LogP contribution < -0.4 is 14.2 Å². The summed E-state index contributed by atoms with van der Waals surface area (Å²) in [5, 5.41) is 145. The fourth-order valence-corrected chi connectivity index (χ4v) is 13.3. The second-order valence-electron chi connectivity index (χ2n) is 21.0. The van der Waals surface area contributed by atoms with Gasteiger partial charge in [0.15, 0.2) is 11.5 Å². The van der Waals surface area contributed by atoms with E-state index >= 15 is 0 Å². The van der Waals surface area contributed by atoms with Crippen molar-refractivity contribution >= 4 is 0 Å². The predicted molar refractivity (Wildman–Crippen MR) is 281 cm³/mol. The van der Waals surface area contributed by atoms with Crippen LogP contribution in [-0.2, 0) is 4.74 Å². The Balaban J connectivity index is 1.05. The molecular formula is C62H52O17. The van der Waals surface area contributed by atoms with Gasteiger partial charge in [0.25, 0.3) is 0 Å². The zero-order chi connectivity index (χ0) is 54.9. The maximum absolute atomic E-state index is 12.8. The summed E-state index contributed by atoms with van der Waals surface area (Å²) in [6.45, 7) is -0.709. The van der Waals surface area contributed by atoms with Crippen LogP contribution in [0.3, 0.4) is 0 Å². The molecule has 0 bridgehead atoms. The summed E-state index contributed by atoms with van der Waals surface area (Å²) < 4.78 is 25.3. The molecular weight excluding hydrogens is 1020 g/mol.